The van der Waals surface area contributed by atoms with Gasteiger partial charge in [0.15, 0.2) is 11.8 Å². The summed E-state index contributed by atoms with van der Waals surface area (Å²) in [5, 5.41) is 3.78. The lowest BCUT2D eigenvalue weighted by atomic mass is 10.2. The van der Waals surface area contributed by atoms with Crippen molar-refractivity contribution in [3.8, 4) is 0 Å². The molecule has 0 amide bonds. The monoisotopic (exact) mass is 237 g/mol. The van der Waals surface area contributed by atoms with E-state index in [4.69, 9.17) is 10.3 Å². The van der Waals surface area contributed by atoms with Crippen molar-refractivity contribution in [1.82, 2.24) is 15.0 Å². The number of nitrogens with two attached hydrogens (primary N) is 1. The molecule has 0 atom stereocenters. The maximum Gasteiger partial charge on any atom is 0.223 e. The van der Waals surface area contributed by atoms with E-state index in [0.29, 0.717) is 24.2 Å². The number of rotatable bonds is 2. The van der Waals surface area contributed by atoms with Gasteiger partial charge in [0, 0.05) is 20.0 Å². The van der Waals surface area contributed by atoms with Gasteiger partial charge in [-0.05, 0) is 12.8 Å². The molecule has 2 heterocycles. The van der Waals surface area contributed by atoms with Crippen molar-refractivity contribution in [3.05, 3.63) is 11.7 Å². The lowest BCUT2D eigenvalue weighted by molar-refractivity contribution is 0.387. The number of hydrogen-bond acceptors (Lipinski definition) is 4. The van der Waals surface area contributed by atoms with Crippen LogP contribution < -0.4 is 5.73 Å². The zero-order valence-electron chi connectivity index (χ0n) is 10.2. The fourth-order valence-electron chi connectivity index (χ4n) is 1.96. The van der Waals surface area contributed by atoms with Gasteiger partial charge < -0.3 is 15.2 Å². The molecule has 94 valence electrons. The van der Waals surface area contributed by atoms with Crippen LogP contribution in [0.25, 0.3) is 0 Å². The second-order valence-corrected chi connectivity index (χ2v) is 4.31. The molecule has 0 aromatic carbocycles. The minimum Gasteiger partial charge on any atom is -0.370 e. The number of aromatic nitrogens is 2. The van der Waals surface area contributed by atoms with Crippen LogP contribution >= 0.6 is 0 Å². The third-order valence-corrected chi connectivity index (χ3v) is 2.88. The summed E-state index contributed by atoms with van der Waals surface area (Å²) in [7, 11) is 0. The molecule has 0 radical (unpaired) electrons. The van der Waals surface area contributed by atoms with Crippen molar-refractivity contribution >= 4 is 5.96 Å². The Morgan fingerprint density at radius 3 is 2.65 bits per heavy atom. The van der Waals surface area contributed by atoms with Gasteiger partial charge in [-0.3, -0.25) is 0 Å². The first-order valence-electron chi connectivity index (χ1n) is 6.10. The van der Waals surface area contributed by atoms with E-state index in [1.807, 2.05) is 0 Å². The molecule has 1 aromatic rings. The van der Waals surface area contributed by atoms with Crippen molar-refractivity contribution in [1.29, 1.82) is 0 Å². The fraction of sp³-hybridized carbons (Fsp3) is 0.727. The lowest BCUT2D eigenvalue weighted by Crippen LogP contribution is -2.38. The minimum atomic E-state index is 0.389. The van der Waals surface area contributed by atoms with Crippen molar-refractivity contribution < 1.29 is 4.52 Å². The molecule has 0 spiro atoms. The topological polar surface area (TPSA) is 80.5 Å². The summed E-state index contributed by atoms with van der Waals surface area (Å²) in [6, 6.07) is 0. The normalized spacial score (nSPS) is 18.2. The molecule has 0 saturated carbocycles. The predicted molar refractivity (Wildman–Crippen MR) is 64.4 cm³/mol. The Kier molecular flexibility index (Phi) is 3.95. The SMILES string of the molecule is Cc1nc(CN=C(N)N2CCCCCC2)no1. The maximum atomic E-state index is 5.96. The van der Waals surface area contributed by atoms with Gasteiger partial charge in [-0.2, -0.15) is 4.98 Å². The zero-order valence-corrected chi connectivity index (χ0v) is 10.2. The Bertz CT molecular complexity index is 379. The Morgan fingerprint density at radius 2 is 2.06 bits per heavy atom. The fourth-order valence-corrected chi connectivity index (χ4v) is 1.96. The zero-order chi connectivity index (χ0) is 12.1. The first-order chi connectivity index (χ1) is 8.25. The van der Waals surface area contributed by atoms with E-state index in [-0.39, 0.29) is 0 Å². The van der Waals surface area contributed by atoms with E-state index in [1.165, 1.54) is 25.7 Å². The van der Waals surface area contributed by atoms with Crippen LogP contribution in [0.2, 0.25) is 0 Å². The Labute approximate surface area is 101 Å². The van der Waals surface area contributed by atoms with Crippen molar-refractivity contribution in [2.75, 3.05) is 13.1 Å². The highest BCUT2D eigenvalue weighted by molar-refractivity contribution is 5.78. The second kappa shape index (κ2) is 5.65. The third kappa shape index (κ3) is 3.44. The smallest absolute Gasteiger partial charge is 0.223 e. The van der Waals surface area contributed by atoms with Crippen LogP contribution in [-0.4, -0.2) is 34.1 Å². The van der Waals surface area contributed by atoms with Gasteiger partial charge in [0.25, 0.3) is 0 Å². The number of guanidine groups is 1. The Morgan fingerprint density at radius 1 is 1.35 bits per heavy atom. The standard InChI is InChI=1S/C11H19N5O/c1-9-14-10(15-17-9)8-13-11(12)16-6-4-2-3-5-7-16/h2-8H2,1H3,(H2,12,13). The predicted octanol–water partition coefficient (Wildman–Crippen LogP) is 1.07. The molecule has 0 unspecified atom stereocenters. The van der Waals surface area contributed by atoms with Gasteiger partial charge >= 0.3 is 0 Å². The van der Waals surface area contributed by atoms with Gasteiger partial charge in [0.2, 0.25) is 5.89 Å². The highest BCUT2D eigenvalue weighted by Gasteiger charge is 2.11. The van der Waals surface area contributed by atoms with E-state index in [1.54, 1.807) is 6.92 Å². The molecule has 0 aliphatic carbocycles. The maximum absolute atomic E-state index is 5.96. The molecule has 0 bridgehead atoms. The summed E-state index contributed by atoms with van der Waals surface area (Å²) >= 11 is 0. The molecule has 2 rings (SSSR count). The second-order valence-electron chi connectivity index (χ2n) is 4.31. The summed E-state index contributed by atoms with van der Waals surface area (Å²) in [6.07, 6.45) is 4.96. The van der Waals surface area contributed by atoms with Crippen LogP contribution in [0.15, 0.2) is 9.52 Å². The number of aryl methyl sites for hydroxylation is 1. The van der Waals surface area contributed by atoms with Gasteiger partial charge in [-0.1, -0.05) is 18.0 Å². The minimum absolute atomic E-state index is 0.389. The van der Waals surface area contributed by atoms with Crippen LogP contribution in [0.4, 0.5) is 0 Å². The molecule has 2 N–H and O–H groups in total. The average Bonchev–Trinajstić information content (AvgIpc) is 2.58. The third-order valence-electron chi connectivity index (χ3n) is 2.88. The summed E-state index contributed by atoms with van der Waals surface area (Å²) in [5.41, 5.74) is 5.96. The molecule has 1 saturated heterocycles. The van der Waals surface area contributed by atoms with Gasteiger partial charge in [-0.25, -0.2) is 4.99 Å². The van der Waals surface area contributed by atoms with Crippen LogP contribution in [0.3, 0.4) is 0 Å². The van der Waals surface area contributed by atoms with E-state index in [2.05, 4.69) is 20.0 Å². The number of likely N-dealkylation sites (tertiary alicyclic amines) is 1. The largest absolute Gasteiger partial charge is 0.370 e. The first kappa shape index (κ1) is 11.9. The summed E-state index contributed by atoms with van der Waals surface area (Å²) in [6.45, 7) is 4.15. The van der Waals surface area contributed by atoms with Crippen LogP contribution in [0, 0.1) is 6.92 Å². The molecule has 1 aromatic heterocycles. The van der Waals surface area contributed by atoms with Crippen molar-refractivity contribution in [3.63, 3.8) is 0 Å². The molecule has 1 aliphatic rings. The molecule has 1 fully saturated rings. The Hall–Kier alpha value is -1.59. The molecular weight excluding hydrogens is 218 g/mol. The van der Waals surface area contributed by atoms with Gasteiger partial charge in [0.05, 0.1) is 0 Å². The van der Waals surface area contributed by atoms with E-state index >= 15 is 0 Å². The van der Waals surface area contributed by atoms with E-state index in [0.717, 1.165) is 13.1 Å². The number of nitrogens with zero attached hydrogens (tertiary/aromatic N) is 4. The summed E-state index contributed by atoms with van der Waals surface area (Å²) in [4.78, 5) is 10.5. The lowest BCUT2D eigenvalue weighted by Gasteiger charge is -2.20. The number of aliphatic imine (C=N–C) groups is 1. The molecule has 6 heteroatoms. The first-order valence-corrected chi connectivity index (χ1v) is 6.10. The highest BCUT2D eigenvalue weighted by atomic mass is 16.5. The van der Waals surface area contributed by atoms with Crippen molar-refractivity contribution in [2.45, 2.75) is 39.2 Å². The molecular formula is C11H19N5O. The van der Waals surface area contributed by atoms with E-state index in [9.17, 15) is 0 Å². The average molecular weight is 237 g/mol. The molecule has 1 aliphatic heterocycles. The highest BCUT2D eigenvalue weighted by Crippen LogP contribution is 2.09. The Balaban J connectivity index is 1.91. The van der Waals surface area contributed by atoms with Crippen molar-refractivity contribution in [2.24, 2.45) is 10.7 Å². The van der Waals surface area contributed by atoms with Gasteiger partial charge in [0.1, 0.15) is 6.54 Å². The van der Waals surface area contributed by atoms with E-state index < -0.39 is 0 Å². The van der Waals surface area contributed by atoms with Crippen LogP contribution in [0.5, 0.6) is 0 Å². The number of hydrogen-bond donors (Lipinski definition) is 1. The van der Waals surface area contributed by atoms with Crippen LogP contribution in [-0.2, 0) is 6.54 Å². The van der Waals surface area contributed by atoms with Gasteiger partial charge in [-0.15, -0.1) is 0 Å². The summed E-state index contributed by atoms with van der Waals surface area (Å²) in [5.74, 6) is 1.73. The summed E-state index contributed by atoms with van der Waals surface area (Å²) < 4.78 is 4.88. The molecule has 6 nitrogen and oxygen atoms in total. The van der Waals surface area contributed by atoms with Crippen LogP contribution in [0.1, 0.15) is 37.4 Å². The molecule has 17 heavy (non-hydrogen) atoms. The quantitative estimate of drug-likeness (QED) is 0.614.